The normalized spacial score (nSPS) is 10.4. The molecule has 0 saturated heterocycles. The minimum atomic E-state index is -0.946. The fraction of sp³-hybridized carbons (Fsp3) is 0. The highest BCUT2D eigenvalue weighted by Crippen LogP contribution is 2.32. The van der Waals surface area contributed by atoms with Crippen LogP contribution in [0.1, 0.15) is 0 Å². The lowest BCUT2D eigenvalue weighted by molar-refractivity contribution is 0.509. The Hall–Kier alpha value is -1.52. The molecule has 0 bridgehead atoms. The summed E-state index contributed by atoms with van der Waals surface area (Å²) in [5.41, 5.74) is 6.92. The van der Waals surface area contributed by atoms with Crippen molar-refractivity contribution in [1.82, 2.24) is 0 Å². The summed E-state index contributed by atoms with van der Waals surface area (Å²) < 4.78 is 25.8. The third-order valence-electron chi connectivity index (χ3n) is 2.29. The molecule has 0 atom stereocenters. The summed E-state index contributed by atoms with van der Waals surface area (Å²) in [6, 6.07) is 6.43. The molecule has 2 rings (SSSR count). The molecule has 94 valence electrons. The average Bonchev–Trinajstić information content (AvgIpc) is 2.31. The first-order valence-electron chi connectivity index (χ1n) is 4.94. The van der Waals surface area contributed by atoms with Gasteiger partial charge in [-0.05, 0) is 24.3 Å². The van der Waals surface area contributed by atoms with Crippen LogP contribution in [0.4, 0.5) is 25.8 Å². The number of rotatable bonds is 2. The number of hydrogen-bond donors (Lipinski definition) is 2. The zero-order chi connectivity index (χ0) is 13.3. The zero-order valence-electron chi connectivity index (χ0n) is 8.98. The largest absolute Gasteiger partial charge is 0.397 e. The van der Waals surface area contributed by atoms with E-state index in [0.29, 0.717) is 27.1 Å². The summed E-state index contributed by atoms with van der Waals surface area (Å²) in [5.74, 6) is -1.86. The van der Waals surface area contributed by atoms with Crippen molar-refractivity contribution in [3.63, 3.8) is 0 Å². The molecule has 0 heterocycles. The van der Waals surface area contributed by atoms with E-state index in [1.807, 2.05) is 0 Å². The summed E-state index contributed by atoms with van der Waals surface area (Å²) in [5, 5.41) is 3.47. The third-order valence-corrected chi connectivity index (χ3v) is 3.01. The molecule has 3 N–H and O–H groups in total. The Morgan fingerprint density at radius 2 is 1.61 bits per heavy atom. The van der Waals surface area contributed by atoms with E-state index in [9.17, 15) is 8.78 Å². The Balaban J connectivity index is 2.34. The van der Waals surface area contributed by atoms with Crippen molar-refractivity contribution >= 4 is 40.3 Å². The molecule has 2 nitrogen and oxygen atoms in total. The van der Waals surface area contributed by atoms with Crippen molar-refractivity contribution in [2.75, 3.05) is 11.1 Å². The first-order chi connectivity index (χ1) is 8.47. The van der Waals surface area contributed by atoms with Gasteiger partial charge in [-0.1, -0.05) is 23.2 Å². The van der Waals surface area contributed by atoms with Gasteiger partial charge in [0.25, 0.3) is 0 Å². The maximum Gasteiger partial charge on any atom is 0.160 e. The summed E-state index contributed by atoms with van der Waals surface area (Å²) in [7, 11) is 0. The van der Waals surface area contributed by atoms with Crippen molar-refractivity contribution in [2.24, 2.45) is 0 Å². The van der Waals surface area contributed by atoms with E-state index in [0.717, 1.165) is 12.1 Å². The topological polar surface area (TPSA) is 38.0 Å². The minimum Gasteiger partial charge on any atom is -0.397 e. The van der Waals surface area contributed by atoms with Gasteiger partial charge in [-0.25, -0.2) is 8.78 Å². The predicted octanol–water partition coefficient (Wildman–Crippen LogP) is 4.60. The molecule has 0 aromatic heterocycles. The molecular weight excluding hydrogens is 281 g/mol. The second kappa shape index (κ2) is 5.00. The fourth-order valence-corrected chi connectivity index (χ4v) is 1.74. The first-order valence-corrected chi connectivity index (χ1v) is 5.69. The number of halogens is 4. The van der Waals surface area contributed by atoms with Gasteiger partial charge in [-0.2, -0.15) is 0 Å². The zero-order valence-corrected chi connectivity index (χ0v) is 10.5. The van der Waals surface area contributed by atoms with Crippen molar-refractivity contribution in [3.05, 3.63) is 52.0 Å². The van der Waals surface area contributed by atoms with Crippen LogP contribution in [0, 0.1) is 11.6 Å². The molecule has 0 aliphatic rings. The van der Waals surface area contributed by atoms with Crippen LogP contribution in [0.15, 0.2) is 30.3 Å². The van der Waals surface area contributed by atoms with E-state index in [1.54, 1.807) is 0 Å². The first kappa shape index (κ1) is 12.9. The highest BCUT2D eigenvalue weighted by Gasteiger charge is 2.07. The number of nitrogens with one attached hydrogen (secondary N) is 1. The van der Waals surface area contributed by atoms with Gasteiger partial charge in [0.05, 0.1) is 21.4 Å². The SMILES string of the molecule is Nc1cc(Cl)c(Cl)cc1Nc1ccc(F)c(F)c1. The van der Waals surface area contributed by atoms with E-state index in [-0.39, 0.29) is 0 Å². The molecule has 0 spiro atoms. The van der Waals surface area contributed by atoms with Gasteiger partial charge in [0, 0.05) is 11.8 Å². The summed E-state index contributed by atoms with van der Waals surface area (Å²) in [4.78, 5) is 0. The van der Waals surface area contributed by atoms with Crippen molar-refractivity contribution in [1.29, 1.82) is 0 Å². The number of nitrogens with two attached hydrogens (primary N) is 1. The Bertz CT molecular complexity index is 603. The summed E-state index contributed by atoms with van der Waals surface area (Å²) in [6.07, 6.45) is 0. The van der Waals surface area contributed by atoms with Crippen LogP contribution >= 0.6 is 23.2 Å². The maximum absolute atomic E-state index is 13.0. The molecule has 0 unspecified atom stereocenters. The van der Waals surface area contributed by atoms with Gasteiger partial charge in [-0.15, -0.1) is 0 Å². The van der Waals surface area contributed by atoms with Crippen molar-refractivity contribution < 1.29 is 8.78 Å². The van der Waals surface area contributed by atoms with E-state index in [2.05, 4.69) is 5.32 Å². The highest BCUT2D eigenvalue weighted by atomic mass is 35.5. The third kappa shape index (κ3) is 2.66. The van der Waals surface area contributed by atoms with E-state index >= 15 is 0 Å². The van der Waals surface area contributed by atoms with E-state index in [4.69, 9.17) is 28.9 Å². The lowest BCUT2D eigenvalue weighted by atomic mass is 10.2. The number of hydrogen-bond acceptors (Lipinski definition) is 2. The van der Waals surface area contributed by atoms with Crippen LogP contribution in [0.3, 0.4) is 0 Å². The van der Waals surface area contributed by atoms with Crippen LogP contribution in [0.5, 0.6) is 0 Å². The van der Waals surface area contributed by atoms with Gasteiger partial charge >= 0.3 is 0 Å². The minimum absolute atomic E-state index is 0.316. The second-order valence-electron chi connectivity index (χ2n) is 3.61. The number of benzene rings is 2. The van der Waals surface area contributed by atoms with Crippen LogP contribution < -0.4 is 11.1 Å². The molecule has 2 aromatic carbocycles. The monoisotopic (exact) mass is 288 g/mol. The van der Waals surface area contributed by atoms with Crippen LogP contribution in [-0.4, -0.2) is 0 Å². The smallest absolute Gasteiger partial charge is 0.160 e. The molecule has 0 saturated carbocycles. The molecule has 0 aliphatic heterocycles. The van der Waals surface area contributed by atoms with Crippen LogP contribution in [0.2, 0.25) is 10.0 Å². The van der Waals surface area contributed by atoms with Gasteiger partial charge < -0.3 is 11.1 Å². The van der Waals surface area contributed by atoms with Gasteiger partial charge in [0.2, 0.25) is 0 Å². The highest BCUT2D eigenvalue weighted by molar-refractivity contribution is 6.42. The molecule has 18 heavy (non-hydrogen) atoms. The van der Waals surface area contributed by atoms with Gasteiger partial charge in [0.15, 0.2) is 11.6 Å². The lowest BCUT2D eigenvalue weighted by Crippen LogP contribution is -1.97. The molecular formula is C12H8Cl2F2N2. The van der Waals surface area contributed by atoms with E-state index in [1.165, 1.54) is 18.2 Å². The van der Waals surface area contributed by atoms with E-state index < -0.39 is 11.6 Å². The quantitative estimate of drug-likeness (QED) is 0.793. The number of nitrogen functional groups attached to an aromatic ring is 1. The Labute approximate surface area is 112 Å². The van der Waals surface area contributed by atoms with Gasteiger partial charge in [-0.3, -0.25) is 0 Å². The molecule has 2 aromatic rings. The van der Waals surface area contributed by atoms with Crippen LogP contribution in [0.25, 0.3) is 0 Å². The maximum atomic E-state index is 13.0. The van der Waals surface area contributed by atoms with Crippen LogP contribution in [-0.2, 0) is 0 Å². The lowest BCUT2D eigenvalue weighted by Gasteiger charge is -2.11. The fourth-order valence-electron chi connectivity index (χ4n) is 1.40. The number of anilines is 3. The molecule has 0 amide bonds. The average molecular weight is 289 g/mol. The summed E-state index contributed by atoms with van der Waals surface area (Å²) in [6.45, 7) is 0. The predicted molar refractivity (Wildman–Crippen MR) is 70.5 cm³/mol. The Morgan fingerprint density at radius 1 is 0.944 bits per heavy atom. The standard InChI is InChI=1S/C12H8Cl2F2N2/c13-7-4-11(17)12(5-8(7)14)18-6-1-2-9(15)10(16)3-6/h1-5,18H,17H2. The molecule has 6 heteroatoms. The Kier molecular flexibility index (Phi) is 3.59. The second-order valence-corrected chi connectivity index (χ2v) is 4.42. The molecule has 0 fully saturated rings. The Morgan fingerprint density at radius 3 is 2.28 bits per heavy atom. The van der Waals surface area contributed by atoms with Gasteiger partial charge in [0.1, 0.15) is 0 Å². The molecule has 0 aliphatic carbocycles. The van der Waals surface area contributed by atoms with Crippen molar-refractivity contribution in [2.45, 2.75) is 0 Å². The molecule has 0 radical (unpaired) electrons. The summed E-state index contributed by atoms with van der Waals surface area (Å²) >= 11 is 11.6. The van der Waals surface area contributed by atoms with Crippen molar-refractivity contribution in [3.8, 4) is 0 Å².